The summed E-state index contributed by atoms with van der Waals surface area (Å²) in [6.45, 7) is 1.91. The van der Waals surface area contributed by atoms with E-state index in [0.29, 0.717) is 18.7 Å². The maximum absolute atomic E-state index is 13.3. The van der Waals surface area contributed by atoms with Gasteiger partial charge in [0.05, 0.1) is 12.2 Å². The second-order valence-electron chi connectivity index (χ2n) is 7.82. The Bertz CT molecular complexity index is 1390. The molecule has 0 unspecified atom stereocenters. The third-order valence-electron chi connectivity index (χ3n) is 5.00. The maximum Gasteiger partial charge on any atom is 0.430 e. The summed E-state index contributed by atoms with van der Waals surface area (Å²) >= 11 is 6.02. The molecule has 210 valence electrons. The molecular weight excluding hydrogens is 565 g/mol. The highest BCUT2D eigenvalue weighted by molar-refractivity contribution is 7.87. The van der Waals surface area contributed by atoms with Crippen LogP contribution in [0.3, 0.4) is 0 Å². The zero-order valence-corrected chi connectivity index (χ0v) is 22.3. The SMILES string of the molecule is CCCN(C(=O)OS(=O)(=O)c1ccccc1)c1c(OCCOC)cccc1Oc1ncc(C(F)(F)F)cc1Cl. The highest BCUT2D eigenvalue weighted by atomic mass is 35.5. The van der Waals surface area contributed by atoms with E-state index in [2.05, 4.69) is 4.98 Å². The van der Waals surface area contributed by atoms with Crippen LogP contribution in [0.4, 0.5) is 23.7 Å². The van der Waals surface area contributed by atoms with Crippen LogP contribution in [0.15, 0.2) is 65.7 Å². The Kier molecular flexibility index (Phi) is 10.0. The zero-order chi connectivity index (χ0) is 28.6. The molecule has 3 rings (SSSR count). The normalized spacial score (nSPS) is 11.6. The van der Waals surface area contributed by atoms with Gasteiger partial charge in [0.1, 0.15) is 28.0 Å². The van der Waals surface area contributed by atoms with E-state index < -0.39 is 33.0 Å². The maximum atomic E-state index is 13.3. The molecule has 39 heavy (non-hydrogen) atoms. The highest BCUT2D eigenvalue weighted by Gasteiger charge is 2.33. The summed E-state index contributed by atoms with van der Waals surface area (Å²) in [4.78, 5) is 17.7. The summed E-state index contributed by atoms with van der Waals surface area (Å²) in [6.07, 6.45) is -5.04. The first-order valence-electron chi connectivity index (χ1n) is 11.4. The summed E-state index contributed by atoms with van der Waals surface area (Å²) in [6, 6.07) is 12.1. The van der Waals surface area contributed by atoms with Crippen LogP contribution in [-0.4, -0.2) is 46.4 Å². The number of alkyl halides is 3. The van der Waals surface area contributed by atoms with E-state index in [4.69, 9.17) is 30.0 Å². The molecule has 1 heterocycles. The van der Waals surface area contributed by atoms with Gasteiger partial charge >= 0.3 is 22.4 Å². The molecular formula is C25H24ClF3N2O7S. The number of hydrogen-bond donors (Lipinski definition) is 0. The van der Waals surface area contributed by atoms with E-state index in [-0.39, 0.29) is 47.7 Å². The molecule has 14 heteroatoms. The Balaban J connectivity index is 2.05. The van der Waals surface area contributed by atoms with Crippen LogP contribution in [0.25, 0.3) is 0 Å². The van der Waals surface area contributed by atoms with E-state index in [9.17, 15) is 26.4 Å². The van der Waals surface area contributed by atoms with E-state index in [1.165, 1.54) is 49.6 Å². The van der Waals surface area contributed by atoms with Crippen molar-refractivity contribution >= 4 is 33.5 Å². The van der Waals surface area contributed by atoms with Crippen molar-refractivity contribution in [2.24, 2.45) is 0 Å². The Morgan fingerprint density at radius 3 is 2.36 bits per heavy atom. The zero-order valence-electron chi connectivity index (χ0n) is 20.8. The number of carbonyl (C=O) groups is 1. The first-order chi connectivity index (χ1) is 18.5. The van der Waals surface area contributed by atoms with Gasteiger partial charge in [-0.1, -0.05) is 42.8 Å². The average Bonchev–Trinajstić information content (AvgIpc) is 2.88. The number of aromatic nitrogens is 1. The van der Waals surface area contributed by atoms with E-state index in [0.717, 1.165) is 4.90 Å². The van der Waals surface area contributed by atoms with Crippen LogP contribution in [-0.2, 0) is 25.2 Å². The average molecular weight is 589 g/mol. The van der Waals surface area contributed by atoms with Crippen LogP contribution < -0.4 is 14.4 Å². The van der Waals surface area contributed by atoms with Crippen molar-refractivity contribution in [2.45, 2.75) is 24.4 Å². The molecule has 9 nitrogen and oxygen atoms in total. The van der Waals surface area contributed by atoms with Crippen molar-refractivity contribution in [3.8, 4) is 17.4 Å². The van der Waals surface area contributed by atoms with Crippen LogP contribution >= 0.6 is 11.6 Å². The van der Waals surface area contributed by atoms with E-state index in [1.807, 2.05) is 0 Å². The number of halogens is 4. The second kappa shape index (κ2) is 13.0. The lowest BCUT2D eigenvalue weighted by Gasteiger charge is -2.26. The summed E-state index contributed by atoms with van der Waals surface area (Å²) in [7, 11) is -3.04. The fourth-order valence-corrected chi connectivity index (χ4v) is 4.32. The quantitative estimate of drug-likeness (QED) is 0.189. The van der Waals surface area contributed by atoms with Crippen molar-refractivity contribution in [3.63, 3.8) is 0 Å². The van der Waals surface area contributed by atoms with Gasteiger partial charge in [0.15, 0.2) is 5.75 Å². The molecule has 0 N–H and O–H groups in total. The fourth-order valence-electron chi connectivity index (χ4n) is 3.25. The van der Waals surface area contributed by atoms with Crippen LogP contribution in [0.5, 0.6) is 17.4 Å². The largest absolute Gasteiger partial charge is 0.489 e. The Hall–Kier alpha value is -3.55. The van der Waals surface area contributed by atoms with E-state index in [1.54, 1.807) is 13.0 Å². The first-order valence-corrected chi connectivity index (χ1v) is 13.2. The Labute approximate surface area is 228 Å². The standard InChI is InChI=1S/C25H24ClF3N2O7S/c1-3-12-31(24(32)38-39(33,34)18-8-5-4-6-9-18)22-20(36-14-13-35-2)10-7-11-21(22)37-23-19(26)15-17(16-30-23)25(27,28)29/h4-11,15-16H,3,12-14H2,1-2H3. The van der Waals surface area contributed by atoms with Gasteiger partial charge in [0.2, 0.25) is 5.88 Å². The smallest absolute Gasteiger partial charge is 0.430 e. The second-order valence-corrected chi connectivity index (χ2v) is 9.78. The molecule has 0 aliphatic rings. The predicted octanol–water partition coefficient (Wildman–Crippen LogP) is 6.31. The summed E-state index contributed by atoms with van der Waals surface area (Å²) in [5.41, 5.74) is -1.14. The molecule has 0 aliphatic carbocycles. The fraction of sp³-hybridized carbons (Fsp3) is 0.280. The van der Waals surface area contributed by atoms with Crippen LogP contribution in [0, 0.1) is 0 Å². The molecule has 0 atom stereocenters. The van der Waals surface area contributed by atoms with Crippen molar-refractivity contribution in [1.29, 1.82) is 0 Å². The van der Waals surface area contributed by atoms with Crippen LogP contribution in [0.2, 0.25) is 5.02 Å². The molecule has 0 spiro atoms. The van der Waals surface area contributed by atoms with Gasteiger partial charge in [-0.15, -0.1) is 0 Å². The molecule has 3 aromatic rings. The number of anilines is 1. The number of rotatable bonds is 11. The van der Waals surface area contributed by atoms with Gasteiger partial charge < -0.3 is 18.4 Å². The lowest BCUT2D eigenvalue weighted by Crippen LogP contribution is -2.34. The minimum Gasteiger partial charge on any atom is -0.489 e. The third-order valence-corrected chi connectivity index (χ3v) is 6.48. The van der Waals surface area contributed by atoms with Crippen molar-refractivity contribution in [1.82, 2.24) is 4.98 Å². The first kappa shape index (κ1) is 30.0. The molecule has 0 radical (unpaired) electrons. The number of hydrogen-bond acceptors (Lipinski definition) is 8. The molecule has 0 fully saturated rings. The lowest BCUT2D eigenvalue weighted by atomic mass is 10.2. The topological polar surface area (TPSA) is 104 Å². The Morgan fingerprint density at radius 2 is 1.74 bits per heavy atom. The minimum atomic E-state index is -4.68. The summed E-state index contributed by atoms with van der Waals surface area (Å²) in [5, 5.41) is -0.447. The minimum absolute atomic E-state index is 0.0433. The van der Waals surface area contributed by atoms with Crippen molar-refractivity contribution < 1.29 is 44.8 Å². The third kappa shape index (κ3) is 7.74. The van der Waals surface area contributed by atoms with Gasteiger partial charge in [-0.25, -0.2) is 9.78 Å². The molecule has 0 bridgehead atoms. The number of nitrogens with zero attached hydrogens (tertiary/aromatic N) is 2. The van der Waals surface area contributed by atoms with Crippen molar-refractivity contribution in [2.75, 3.05) is 31.8 Å². The summed E-state index contributed by atoms with van der Waals surface area (Å²) < 4.78 is 86.0. The van der Waals surface area contributed by atoms with Gasteiger partial charge in [-0.3, -0.25) is 4.90 Å². The number of amides is 1. The van der Waals surface area contributed by atoms with Gasteiger partial charge in [0.25, 0.3) is 0 Å². The molecule has 0 aliphatic heterocycles. The Morgan fingerprint density at radius 1 is 1.05 bits per heavy atom. The predicted molar refractivity (Wildman–Crippen MR) is 136 cm³/mol. The number of ether oxygens (including phenoxy) is 3. The van der Waals surface area contributed by atoms with Gasteiger partial charge in [-0.05, 0) is 36.8 Å². The lowest BCUT2D eigenvalue weighted by molar-refractivity contribution is -0.137. The molecule has 1 amide bonds. The van der Waals surface area contributed by atoms with Crippen LogP contribution in [0.1, 0.15) is 18.9 Å². The summed E-state index contributed by atoms with van der Waals surface area (Å²) in [5.74, 6) is -0.418. The van der Waals surface area contributed by atoms with Gasteiger partial charge in [-0.2, -0.15) is 21.6 Å². The van der Waals surface area contributed by atoms with Crippen molar-refractivity contribution in [3.05, 3.63) is 71.4 Å². The van der Waals surface area contributed by atoms with E-state index >= 15 is 0 Å². The molecule has 0 saturated carbocycles. The number of para-hydroxylation sites is 1. The highest BCUT2D eigenvalue weighted by Crippen LogP contribution is 2.42. The number of carbonyl (C=O) groups excluding carboxylic acids is 1. The molecule has 0 saturated heterocycles. The van der Waals surface area contributed by atoms with Gasteiger partial charge in [0, 0.05) is 19.9 Å². The number of benzene rings is 2. The number of pyridine rings is 1. The monoisotopic (exact) mass is 588 g/mol. The molecule has 2 aromatic carbocycles. The molecule has 1 aromatic heterocycles. The number of methoxy groups -OCH3 is 1.